The zero-order valence-corrected chi connectivity index (χ0v) is 13.2. The second kappa shape index (κ2) is 6.26. The van der Waals surface area contributed by atoms with Crippen LogP contribution in [0.1, 0.15) is 26.2 Å². The topological polar surface area (TPSA) is 147 Å². The first kappa shape index (κ1) is 17.4. The molecule has 0 aromatic carbocycles. The summed E-state index contributed by atoms with van der Waals surface area (Å²) in [6, 6.07) is -2.68. The van der Waals surface area contributed by atoms with E-state index in [0.717, 1.165) is 4.90 Å². The van der Waals surface area contributed by atoms with Crippen molar-refractivity contribution in [2.75, 3.05) is 6.54 Å². The Balaban J connectivity index is 2.26. The van der Waals surface area contributed by atoms with Crippen LogP contribution in [0.5, 0.6) is 0 Å². The fraction of sp³-hybridized carbons (Fsp3) is 0.583. The summed E-state index contributed by atoms with van der Waals surface area (Å²) in [5, 5.41) is 0.512. The number of primary amides is 1. The highest BCUT2D eigenvalue weighted by Gasteiger charge is 2.49. The lowest BCUT2D eigenvalue weighted by atomic mass is 9.94. The summed E-state index contributed by atoms with van der Waals surface area (Å²) in [7, 11) is -4.89. The predicted octanol–water partition coefficient (Wildman–Crippen LogP) is -0.620. The monoisotopic (exact) mass is 347 g/mol. The van der Waals surface area contributed by atoms with Gasteiger partial charge in [0.1, 0.15) is 17.9 Å². The quantitative estimate of drug-likeness (QED) is 0.460. The van der Waals surface area contributed by atoms with Gasteiger partial charge in [-0.1, -0.05) is 6.08 Å². The summed E-state index contributed by atoms with van der Waals surface area (Å²) < 4.78 is 35.0. The molecule has 0 saturated carbocycles. The van der Waals surface area contributed by atoms with Crippen LogP contribution in [0.25, 0.3) is 0 Å². The maximum atomic E-state index is 12.2. The van der Waals surface area contributed by atoms with E-state index in [1.807, 2.05) is 0 Å². The van der Waals surface area contributed by atoms with Gasteiger partial charge in [-0.05, 0) is 25.3 Å². The van der Waals surface area contributed by atoms with Gasteiger partial charge in [-0.3, -0.25) is 9.35 Å². The van der Waals surface area contributed by atoms with Gasteiger partial charge >= 0.3 is 16.4 Å². The van der Waals surface area contributed by atoms with Crippen molar-refractivity contribution in [3.8, 4) is 0 Å². The molecule has 2 aliphatic rings. The van der Waals surface area contributed by atoms with Gasteiger partial charge in [0.05, 0.1) is 6.54 Å². The van der Waals surface area contributed by atoms with Crippen LogP contribution in [-0.2, 0) is 24.3 Å². The van der Waals surface area contributed by atoms with Crippen LogP contribution in [0.4, 0.5) is 4.79 Å². The predicted molar refractivity (Wildman–Crippen MR) is 76.0 cm³/mol. The van der Waals surface area contributed by atoms with E-state index in [-0.39, 0.29) is 12.3 Å². The van der Waals surface area contributed by atoms with E-state index in [2.05, 4.69) is 4.28 Å². The number of hydroxylamine groups is 2. The van der Waals surface area contributed by atoms with E-state index < -0.39 is 34.4 Å². The smallest absolute Gasteiger partial charge is 0.368 e. The normalized spacial score (nSPS) is 23.9. The fourth-order valence-electron chi connectivity index (χ4n) is 2.72. The van der Waals surface area contributed by atoms with Crippen LogP contribution in [0.2, 0.25) is 0 Å². The standard InChI is InChI=1S/C12H17N3O7S/c1-7(16)3-2-4-8-5-9(11(13)17)14-6-10(8)15(12(14)18)22-23(19,20)21/h5,9-10H,2-4,6H2,1H3,(H2,13,17)(H,19,20,21)/t9-,10-/m0/s1. The van der Waals surface area contributed by atoms with Crippen molar-refractivity contribution in [2.45, 2.75) is 38.3 Å². The summed E-state index contributed by atoms with van der Waals surface area (Å²) in [6.45, 7) is 1.45. The van der Waals surface area contributed by atoms with Crippen LogP contribution in [-0.4, -0.2) is 59.3 Å². The number of ketones is 1. The maximum absolute atomic E-state index is 12.2. The maximum Gasteiger partial charge on any atom is 0.418 e. The second-order valence-electron chi connectivity index (χ2n) is 5.42. The fourth-order valence-corrected chi connectivity index (χ4v) is 3.09. The number of fused-ring (bicyclic) bond motifs is 2. The van der Waals surface area contributed by atoms with Crippen LogP contribution in [0, 0.1) is 0 Å². The lowest BCUT2D eigenvalue weighted by Crippen LogP contribution is -2.46. The Morgan fingerprint density at radius 1 is 1.48 bits per heavy atom. The molecule has 0 spiro atoms. The van der Waals surface area contributed by atoms with Crippen molar-refractivity contribution in [1.82, 2.24) is 9.96 Å². The Morgan fingerprint density at radius 2 is 2.13 bits per heavy atom. The molecule has 2 bridgehead atoms. The van der Waals surface area contributed by atoms with E-state index in [1.165, 1.54) is 13.0 Å². The minimum Gasteiger partial charge on any atom is -0.368 e. The van der Waals surface area contributed by atoms with Gasteiger partial charge in [0, 0.05) is 6.42 Å². The molecule has 2 rings (SSSR count). The number of Topliss-reactive ketones (excluding diaryl/α,β-unsaturated/α-hetero) is 1. The van der Waals surface area contributed by atoms with Gasteiger partial charge in [-0.15, -0.1) is 4.28 Å². The first-order valence-corrected chi connectivity index (χ1v) is 8.23. The van der Waals surface area contributed by atoms with E-state index in [1.54, 1.807) is 0 Å². The van der Waals surface area contributed by atoms with Crippen molar-refractivity contribution >= 4 is 28.1 Å². The van der Waals surface area contributed by atoms with Crippen molar-refractivity contribution in [2.24, 2.45) is 5.73 Å². The summed E-state index contributed by atoms with van der Waals surface area (Å²) in [4.78, 5) is 35.8. The lowest BCUT2D eigenvalue weighted by molar-refractivity contribution is -0.121. The zero-order valence-electron chi connectivity index (χ0n) is 12.3. The molecule has 2 atom stereocenters. The first-order valence-electron chi connectivity index (χ1n) is 6.86. The van der Waals surface area contributed by atoms with Gasteiger partial charge in [0.2, 0.25) is 5.91 Å². The molecule has 3 amide bonds. The largest absolute Gasteiger partial charge is 0.418 e. The van der Waals surface area contributed by atoms with Gasteiger partial charge in [0.25, 0.3) is 0 Å². The third-order valence-corrected chi connectivity index (χ3v) is 4.03. The van der Waals surface area contributed by atoms with E-state index in [9.17, 15) is 22.8 Å². The minimum absolute atomic E-state index is 0.00780. The lowest BCUT2D eigenvalue weighted by Gasteiger charge is -2.27. The SMILES string of the molecule is CC(=O)CCCC1=C[C@@H](C(N)=O)N2C[C@@H]1N(OS(=O)(=O)O)C2=O. The second-order valence-corrected chi connectivity index (χ2v) is 6.43. The van der Waals surface area contributed by atoms with E-state index in [0.29, 0.717) is 29.9 Å². The number of urea groups is 1. The Bertz CT molecular complexity index is 672. The number of rotatable bonds is 7. The third kappa shape index (κ3) is 3.86. The number of carbonyl (C=O) groups excluding carboxylic acids is 3. The van der Waals surface area contributed by atoms with Gasteiger partial charge in [0.15, 0.2) is 0 Å². The molecule has 0 aromatic heterocycles. The molecule has 10 nitrogen and oxygen atoms in total. The molecular weight excluding hydrogens is 330 g/mol. The number of carbonyl (C=O) groups is 3. The Kier molecular flexibility index (Phi) is 4.73. The third-order valence-electron chi connectivity index (χ3n) is 3.68. The summed E-state index contributed by atoms with van der Waals surface area (Å²) in [5.74, 6) is -0.780. The zero-order chi connectivity index (χ0) is 17.4. The Hall–Kier alpha value is -1.98. The molecule has 0 unspecified atom stereocenters. The average Bonchev–Trinajstić information content (AvgIpc) is 2.65. The molecule has 0 radical (unpaired) electrons. The molecule has 11 heteroatoms. The van der Waals surface area contributed by atoms with Crippen molar-refractivity contribution in [3.63, 3.8) is 0 Å². The molecule has 128 valence electrons. The first-order chi connectivity index (χ1) is 10.6. The van der Waals surface area contributed by atoms with E-state index in [4.69, 9.17) is 10.3 Å². The molecule has 0 aliphatic carbocycles. The van der Waals surface area contributed by atoms with Crippen LogP contribution >= 0.6 is 0 Å². The molecule has 2 heterocycles. The Morgan fingerprint density at radius 3 is 2.65 bits per heavy atom. The van der Waals surface area contributed by atoms with Gasteiger partial charge in [-0.25, -0.2) is 4.79 Å². The van der Waals surface area contributed by atoms with Crippen LogP contribution < -0.4 is 5.73 Å². The number of hydrogen-bond donors (Lipinski definition) is 2. The number of hydrogen-bond acceptors (Lipinski definition) is 6. The molecule has 3 N–H and O–H groups in total. The van der Waals surface area contributed by atoms with Gasteiger partial charge in [-0.2, -0.15) is 13.5 Å². The van der Waals surface area contributed by atoms with Crippen molar-refractivity contribution < 1.29 is 31.6 Å². The van der Waals surface area contributed by atoms with Crippen molar-refractivity contribution in [3.05, 3.63) is 11.6 Å². The highest BCUT2D eigenvalue weighted by atomic mass is 32.3. The molecule has 23 heavy (non-hydrogen) atoms. The van der Waals surface area contributed by atoms with Gasteiger partial charge < -0.3 is 15.4 Å². The average molecular weight is 347 g/mol. The van der Waals surface area contributed by atoms with Crippen molar-refractivity contribution in [1.29, 1.82) is 0 Å². The Labute approximate surface area is 132 Å². The molecule has 0 aromatic rings. The highest BCUT2D eigenvalue weighted by molar-refractivity contribution is 7.80. The minimum atomic E-state index is -4.89. The molecular formula is C12H17N3O7S. The van der Waals surface area contributed by atoms with Crippen LogP contribution in [0.3, 0.4) is 0 Å². The number of nitrogens with zero attached hydrogens (tertiary/aromatic N) is 2. The summed E-state index contributed by atoms with van der Waals surface area (Å²) in [5.41, 5.74) is 5.82. The van der Waals surface area contributed by atoms with Crippen LogP contribution in [0.15, 0.2) is 11.6 Å². The number of amides is 3. The summed E-state index contributed by atoms with van der Waals surface area (Å²) >= 11 is 0. The van der Waals surface area contributed by atoms with E-state index >= 15 is 0 Å². The highest BCUT2D eigenvalue weighted by Crippen LogP contribution is 2.33. The number of nitrogens with two attached hydrogens (primary N) is 1. The summed E-state index contributed by atoms with van der Waals surface area (Å²) in [6.07, 6.45) is 2.61. The molecule has 1 saturated heterocycles. The molecule has 1 fully saturated rings. The molecule has 2 aliphatic heterocycles.